The second kappa shape index (κ2) is 4.03. The monoisotopic (exact) mass is 273 g/mol. The van der Waals surface area contributed by atoms with Crippen LogP contribution in [0.1, 0.15) is 29.4 Å². The molecule has 1 aromatic heterocycles. The first-order valence-corrected chi connectivity index (χ1v) is 6.32. The molecule has 14 heavy (non-hydrogen) atoms. The Labute approximate surface area is 95.8 Å². The summed E-state index contributed by atoms with van der Waals surface area (Å²) in [7, 11) is 0. The number of amides is 1. The highest BCUT2D eigenvalue weighted by Crippen LogP contribution is 2.27. The van der Waals surface area contributed by atoms with Crippen LogP contribution in [0.15, 0.2) is 15.9 Å². The Balaban J connectivity index is 1.90. The maximum Gasteiger partial charge on any atom is 0.261 e. The number of thiophene rings is 1. The van der Waals surface area contributed by atoms with Crippen molar-refractivity contribution in [2.45, 2.75) is 25.8 Å². The van der Waals surface area contributed by atoms with Crippen molar-refractivity contribution in [2.24, 2.45) is 5.92 Å². The molecule has 2 rings (SSSR count). The van der Waals surface area contributed by atoms with Gasteiger partial charge in [0.05, 0.1) is 8.66 Å². The average Bonchev–Trinajstić information content (AvgIpc) is 2.49. The first-order chi connectivity index (χ1) is 6.65. The van der Waals surface area contributed by atoms with Crippen molar-refractivity contribution < 1.29 is 4.79 Å². The predicted molar refractivity (Wildman–Crippen MR) is 61.7 cm³/mol. The van der Waals surface area contributed by atoms with Gasteiger partial charge in [0, 0.05) is 6.04 Å². The fourth-order valence-electron chi connectivity index (χ4n) is 1.71. The third-order valence-corrected chi connectivity index (χ3v) is 4.13. The fraction of sp³-hybridized carbons (Fsp3) is 0.500. The van der Waals surface area contributed by atoms with Gasteiger partial charge in [0.1, 0.15) is 0 Å². The van der Waals surface area contributed by atoms with E-state index >= 15 is 0 Å². The normalized spacial score (nSPS) is 25.6. The van der Waals surface area contributed by atoms with E-state index in [9.17, 15) is 4.79 Å². The van der Waals surface area contributed by atoms with Gasteiger partial charge in [0.15, 0.2) is 0 Å². The third kappa shape index (κ3) is 2.17. The van der Waals surface area contributed by atoms with E-state index in [1.807, 2.05) is 12.1 Å². The van der Waals surface area contributed by atoms with Crippen molar-refractivity contribution in [3.05, 3.63) is 20.8 Å². The van der Waals surface area contributed by atoms with Crippen LogP contribution < -0.4 is 5.32 Å². The van der Waals surface area contributed by atoms with Gasteiger partial charge in [-0.1, -0.05) is 6.92 Å². The van der Waals surface area contributed by atoms with Crippen LogP contribution in [-0.4, -0.2) is 11.9 Å². The summed E-state index contributed by atoms with van der Waals surface area (Å²) in [5.74, 6) is 0.841. The lowest BCUT2D eigenvalue weighted by Crippen LogP contribution is -2.43. The number of carbonyl (C=O) groups excluding carboxylic acids is 1. The zero-order valence-corrected chi connectivity index (χ0v) is 10.3. The fourth-order valence-corrected chi connectivity index (χ4v) is 3.00. The van der Waals surface area contributed by atoms with Gasteiger partial charge < -0.3 is 5.32 Å². The lowest BCUT2D eigenvalue weighted by Gasteiger charge is -2.33. The van der Waals surface area contributed by atoms with Crippen LogP contribution in [0.25, 0.3) is 0 Å². The molecule has 0 spiro atoms. The highest BCUT2D eigenvalue weighted by atomic mass is 79.9. The molecule has 1 aliphatic rings. The highest BCUT2D eigenvalue weighted by Gasteiger charge is 2.27. The van der Waals surface area contributed by atoms with Crippen molar-refractivity contribution in [2.75, 3.05) is 0 Å². The molecule has 1 amide bonds. The third-order valence-electron chi connectivity index (χ3n) is 2.51. The van der Waals surface area contributed by atoms with Gasteiger partial charge in [-0.15, -0.1) is 11.3 Å². The van der Waals surface area contributed by atoms with Crippen LogP contribution in [0.4, 0.5) is 0 Å². The SMILES string of the molecule is CC1CC(NC(=O)c2ccc(Br)s2)C1. The molecule has 4 heteroatoms. The first kappa shape index (κ1) is 10.2. The number of hydrogen-bond acceptors (Lipinski definition) is 2. The average molecular weight is 274 g/mol. The van der Waals surface area contributed by atoms with Crippen LogP contribution in [0.3, 0.4) is 0 Å². The van der Waals surface area contributed by atoms with Gasteiger partial charge in [0.2, 0.25) is 0 Å². The van der Waals surface area contributed by atoms with Crippen LogP contribution in [0.2, 0.25) is 0 Å². The minimum Gasteiger partial charge on any atom is -0.349 e. The molecule has 2 nitrogen and oxygen atoms in total. The Kier molecular flexibility index (Phi) is 2.93. The molecule has 0 atom stereocenters. The maximum atomic E-state index is 11.6. The summed E-state index contributed by atoms with van der Waals surface area (Å²) in [5.41, 5.74) is 0. The summed E-state index contributed by atoms with van der Waals surface area (Å²) < 4.78 is 1.00. The van der Waals surface area contributed by atoms with E-state index in [1.165, 1.54) is 11.3 Å². The van der Waals surface area contributed by atoms with E-state index in [0.717, 1.165) is 27.4 Å². The zero-order chi connectivity index (χ0) is 10.1. The highest BCUT2D eigenvalue weighted by molar-refractivity contribution is 9.11. The van der Waals surface area contributed by atoms with Gasteiger partial charge in [0.25, 0.3) is 5.91 Å². The minimum absolute atomic E-state index is 0.0672. The van der Waals surface area contributed by atoms with E-state index in [0.29, 0.717) is 6.04 Å². The van der Waals surface area contributed by atoms with Crippen molar-refractivity contribution in [1.29, 1.82) is 0 Å². The predicted octanol–water partition coefficient (Wildman–Crippen LogP) is 3.04. The van der Waals surface area contributed by atoms with Gasteiger partial charge in [-0.25, -0.2) is 0 Å². The minimum atomic E-state index is 0.0672. The Morgan fingerprint density at radius 3 is 2.79 bits per heavy atom. The summed E-state index contributed by atoms with van der Waals surface area (Å²) >= 11 is 4.82. The molecule has 1 N–H and O–H groups in total. The number of halogens is 1. The first-order valence-electron chi connectivity index (χ1n) is 4.71. The molecule has 0 radical (unpaired) electrons. The van der Waals surface area contributed by atoms with Crippen LogP contribution in [0.5, 0.6) is 0 Å². The van der Waals surface area contributed by atoms with E-state index < -0.39 is 0 Å². The quantitative estimate of drug-likeness (QED) is 0.882. The summed E-state index contributed by atoms with van der Waals surface area (Å²) in [6.45, 7) is 2.21. The Hall–Kier alpha value is -0.350. The molecule has 0 saturated heterocycles. The number of carbonyl (C=O) groups is 1. The summed E-state index contributed by atoms with van der Waals surface area (Å²) in [4.78, 5) is 12.4. The molecule has 1 fully saturated rings. The van der Waals surface area contributed by atoms with E-state index in [4.69, 9.17) is 0 Å². The van der Waals surface area contributed by atoms with Crippen LogP contribution >= 0.6 is 27.3 Å². The second-order valence-corrected chi connectivity index (χ2v) is 6.31. The van der Waals surface area contributed by atoms with Crippen molar-refractivity contribution in [3.63, 3.8) is 0 Å². The molecule has 1 heterocycles. The molecule has 1 aromatic rings. The maximum absolute atomic E-state index is 11.6. The second-order valence-electron chi connectivity index (χ2n) is 3.85. The summed E-state index contributed by atoms with van der Waals surface area (Å²) in [6, 6.07) is 4.16. The molecule has 1 aliphatic carbocycles. The summed E-state index contributed by atoms with van der Waals surface area (Å²) in [6.07, 6.45) is 2.25. The molecular weight excluding hydrogens is 262 g/mol. The molecular formula is C10H12BrNOS. The smallest absolute Gasteiger partial charge is 0.261 e. The van der Waals surface area contributed by atoms with Gasteiger partial charge >= 0.3 is 0 Å². The molecule has 0 bridgehead atoms. The Bertz CT molecular complexity index is 344. The molecule has 0 aromatic carbocycles. The number of hydrogen-bond donors (Lipinski definition) is 1. The molecule has 0 unspecified atom stereocenters. The van der Waals surface area contributed by atoms with Crippen molar-refractivity contribution >= 4 is 33.2 Å². The Morgan fingerprint density at radius 2 is 2.29 bits per heavy atom. The van der Waals surface area contributed by atoms with Gasteiger partial charge in [-0.3, -0.25) is 4.79 Å². The van der Waals surface area contributed by atoms with Crippen molar-refractivity contribution in [3.8, 4) is 0 Å². The lowest BCUT2D eigenvalue weighted by molar-refractivity contribution is 0.0900. The number of rotatable bonds is 2. The van der Waals surface area contributed by atoms with Gasteiger partial charge in [-0.05, 0) is 46.8 Å². The molecule has 76 valence electrons. The van der Waals surface area contributed by atoms with Crippen LogP contribution in [0, 0.1) is 5.92 Å². The van der Waals surface area contributed by atoms with Gasteiger partial charge in [-0.2, -0.15) is 0 Å². The standard InChI is InChI=1S/C10H12BrNOS/c1-6-4-7(5-6)12-10(13)8-2-3-9(11)14-8/h2-3,6-7H,4-5H2,1H3,(H,12,13). The zero-order valence-electron chi connectivity index (χ0n) is 7.92. The van der Waals surface area contributed by atoms with E-state index in [-0.39, 0.29) is 5.91 Å². The largest absolute Gasteiger partial charge is 0.349 e. The molecule has 0 aliphatic heterocycles. The van der Waals surface area contributed by atoms with Crippen molar-refractivity contribution in [1.82, 2.24) is 5.32 Å². The van der Waals surface area contributed by atoms with E-state index in [2.05, 4.69) is 28.2 Å². The lowest BCUT2D eigenvalue weighted by atomic mass is 9.82. The van der Waals surface area contributed by atoms with E-state index in [1.54, 1.807) is 0 Å². The topological polar surface area (TPSA) is 29.1 Å². The molecule has 1 saturated carbocycles. The number of nitrogens with one attached hydrogen (secondary N) is 1. The summed E-state index contributed by atoms with van der Waals surface area (Å²) in [5, 5.41) is 3.03. The Morgan fingerprint density at radius 1 is 1.57 bits per heavy atom. The van der Waals surface area contributed by atoms with Crippen LogP contribution in [-0.2, 0) is 0 Å².